The van der Waals surface area contributed by atoms with Crippen LogP contribution in [-0.2, 0) is 0 Å². The highest BCUT2D eigenvalue weighted by atomic mass is 35.5. The second-order valence-corrected chi connectivity index (χ2v) is 5.39. The van der Waals surface area contributed by atoms with E-state index >= 15 is 0 Å². The molecule has 1 atom stereocenters. The Hall–Kier alpha value is -0.140. The molecule has 0 amide bonds. The number of hydrogen-bond acceptors (Lipinski definition) is 1. The van der Waals surface area contributed by atoms with Crippen LogP contribution in [0.15, 0.2) is 35.2 Å². The van der Waals surface area contributed by atoms with Gasteiger partial charge in [-0.05, 0) is 18.6 Å². The molecular weight excluding hydrogens is 224 g/mol. The van der Waals surface area contributed by atoms with E-state index in [-0.39, 0.29) is 0 Å². The van der Waals surface area contributed by atoms with Crippen molar-refractivity contribution in [2.45, 2.75) is 42.8 Å². The van der Waals surface area contributed by atoms with Gasteiger partial charge in [0, 0.05) is 16.0 Å². The van der Waals surface area contributed by atoms with E-state index in [1.54, 1.807) is 0 Å². The lowest BCUT2D eigenvalue weighted by molar-refractivity contribution is 0.666. The average molecular weight is 243 g/mol. The van der Waals surface area contributed by atoms with Crippen molar-refractivity contribution in [1.29, 1.82) is 0 Å². The molecular formula is C13H19ClS. The van der Waals surface area contributed by atoms with E-state index in [1.165, 1.54) is 30.6 Å². The van der Waals surface area contributed by atoms with Crippen molar-refractivity contribution in [1.82, 2.24) is 0 Å². The normalized spacial score (nSPS) is 12.7. The molecule has 0 N–H and O–H groups in total. The van der Waals surface area contributed by atoms with Gasteiger partial charge in [0.15, 0.2) is 0 Å². The molecule has 0 nitrogen and oxygen atoms in total. The zero-order valence-electron chi connectivity index (χ0n) is 9.29. The van der Waals surface area contributed by atoms with Crippen molar-refractivity contribution in [3.63, 3.8) is 0 Å². The second-order valence-electron chi connectivity index (χ2n) is 3.70. The first-order valence-electron chi connectivity index (χ1n) is 5.64. The number of benzene rings is 1. The Labute approximate surface area is 102 Å². The molecule has 1 unspecified atom stereocenters. The Kier molecular flexibility index (Phi) is 6.95. The van der Waals surface area contributed by atoms with Crippen LogP contribution < -0.4 is 0 Å². The molecule has 1 rings (SSSR count). The molecule has 84 valence electrons. The molecule has 0 bridgehead atoms. The standard InChI is InChI=1S/C13H19ClS/c1-2-3-5-10-13(11-14)15-12-8-6-4-7-9-12/h4,6-9,13H,2-3,5,10-11H2,1H3. The Balaban J connectivity index is 2.33. The van der Waals surface area contributed by atoms with Crippen molar-refractivity contribution in [3.8, 4) is 0 Å². The van der Waals surface area contributed by atoms with Gasteiger partial charge in [-0.1, -0.05) is 44.4 Å². The minimum Gasteiger partial charge on any atom is -0.125 e. The molecule has 15 heavy (non-hydrogen) atoms. The molecule has 0 fully saturated rings. The number of halogens is 1. The van der Waals surface area contributed by atoms with E-state index in [4.69, 9.17) is 11.6 Å². The van der Waals surface area contributed by atoms with Crippen molar-refractivity contribution in [3.05, 3.63) is 30.3 Å². The summed E-state index contributed by atoms with van der Waals surface area (Å²) in [7, 11) is 0. The van der Waals surface area contributed by atoms with E-state index in [0.29, 0.717) is 5.25 Å². The molecule has 0 heterocycles. The summed E-state index contributed by atoms with van der Waals surface area (Å²) >= 11 is 7.88. The van der Waals surface area contributed by atoms with E-state index in [2.05, 4.69) is 37.3 Å². The fourth-order valence-corrected chi connectivity index (χ4v) is 2.87. The highest BCUT2D eigenvalue weighted by Gasteiger charge is 2.08. The monoisotopic (exact) mass is 242 g/mol. The van der Waals surface area contributed by atoms with Crippen LogP contribution in [0.1, 0.15) is 32.6 Å². The number of rotatable bonds is 7. The van der Waals surface area contributed by atoms with Gasteiger partial charge in [0.25, 0.3) is 0 Å². The average Bonchev–Trinajstić information content (AvgIpc) is 2.29. The number of hydrogen-bond donors (Lipinski definition) is 0. The summed E-state index contributed by atoms with van der Waals surface area (Å²) < 4.78 is 0. The molecule has 0 aliphatic rings. The number of thioether (sulfide) groups is 1. The molecule has 0 saturated heterocycles. The minimum atomic E-state index is 0.570. The summed E-state index contributed by atoms with van der Waals surface area (Å²) in [5, 5.41) is 0.570. The lowest BCUT2D eigenvalue weighted by atomic mass is 10.2. The highest BCUT2D eigenvalue weighted by Crippen LogP contribution is 2.27. The maximum Gasteiger partial charge on any atom is 0.0346 e. The van der Waals surface area contributed by atoms with Gasteiger partial charge in [0.1, 0.15) is 0 Å². The van der Waals surface area contributed by atoms with Gasteiger partial charge in [-0.15, -0.1) is 23.4 Å². The van der Waals surface area contributed by atoms with E-state index < -0.39 is 0 Å². The fraction of sp³-hybridized carbons (Fsp3) is 0.538. The summed E-state index contributed by atoms with van der Waals surface area (Å²) in [6.07, 6.45) is 5.14. The maximum absolute atomic E-state index is 5.98. The maximum atomic E-state index is 5.98. The van der Waals surface area contributed by atoms with Crippen LogP contribution >= 0.6 is 23.4 Å². The molecule has 0 aliphatic heterocycles. The first-order chi connectivity index (χ1) is 7.36. The van der Waals surface area contributed by atoms with E-state index in [9.17, 15) is 0 Å². The van der Waals surface area contributed by atoms with Crippen molar-refractivity contribution >= 4 is 23.4 Å². The van der Waals surface area contributed by atoms with Crippen LogP contribution in [-0.4, -0.2) is 11.1 Å². The van der Waals surface area contributed by atoms with Crippen LogP contribution in [0.3, 0.4) is 0 Å². The third-order valence-electron chi connectivity index (χ3n) is 2.35. The summed E-state index contributed by atoms with van der Waals surface area (Å²) in [6, 6.07) is 10.5. The van der Waals surface area contributed by atoms with Gasteiger partial charge in [-0.2, -0.15) is 0 Å². The van der Waals surface area contributed by atoms with Crippen LogP contribution in [0.4, 0.5) is 0 Å². The summed E-state index contributed by atoms with van der Waals surface area (Å²) in [5.74, 6) is 0.753. The van der Waals surface area contributed by atoms with E-state index in [0.717, 1.165) is 5.88 Å². The molecule has 2 heteroatoms. The first kappa shape index (κ1) is 12.9. The summed E-state index contributed by atoms with van der Waals surface area (Å²) in [6.45, 7) is 2.24. The predicted molar refractivity (Wildman–Crippen MR) is 70.9 cm³/mol. The van der Waals surface area contributed by atoms with Crippen molar-refractivity contribution < 1.29 is 0 Å². The topological polar surface area (TPSA) is 0 Å². The summed E-state index contributed by atoms with van der Waals surface area (Å²) in [5.41, 5.74) is 0. The lowest BCUT2D eigenvalue weighted by Gasteiger charge is -2.12. The Morgan fingerprint density at radius 3 is 2.53 bits per heavy atom. The first-order valence-corrected chi connectivity index (χ1v) is 7.06. The van der Waals surface area contributed by atoms with Crippen LogP contribution in [0.25, 0.3) is 0 Å². The largest absolute Gasteiger partial charge is 0.125 e. The van der Waals surface area contributed by atoms with E-state index in [1.807, 2.05) is 11.8 Å². The molecule has 0 aliphatic carbocycles. The molecule has 0 radical (unpaired) electrons. The number of unbranched alkanes of at least 4 members (excludes halogenated alkanes) is 2. The minimum absolute atomic E-state index is 0.570. The van der Waals surface area contributed by atoms with Gasteiger partial charge in [-0.25, -0.2) is 0 Å². The van der Waals surface area contributed by atoms with Gasteiger partial charge < -0.3 is 0 Å². The zero-order chi connectivity index (χ0) is 10.9. The van der Waals surface area contributed by atoms with Gasteiger partial charge >= 0.3 is 0 Å². The van der Waals surface area contributed by atoms with Crippen molar-refractivity contribution in [2.75, 3.05) is 5.88 Å². The van der Waals surface area contributed by atoms with Gasteiger partial charge in [-0.3, -0.25) is 0 Å². The smallest absolute Gasteiger partial charge is 0.0346 e. The predicted octanol–water partition coefficient (Wildman–Crippen LogP) is 4.97. The van der Waals surface area contributed by atoms with Crippen LogP contribution in [0.2, 0.25) is 0 Å². The fourth-order valence-electron chi connectivity index (χ4n) is 1.48. The van der Waals surface area contributed by atoms with Gasteiger partial charge in [0.05, 0.1) is 0 Å². The molecule has 0 spiro atoms. The van der Waals surface area contributed by atoms with Gasteiger partial charge in [0.2, 0.25) is 0 Å². The highest BCUT2D eigenvalue weighted by molar-refractivity contribution is 8.00. The molecule has 1 aromatic rings. The Bertz CT molecular complexity index is 248. The van der Waals surface area contributed by atoms with Crippen molar-refractivity contribution in [2.24, 2.45) is 0 Å². The summed E-state index contributed by atoms with van der Waals surface area (Å²) in [4.78, 5) is 1.33. The second kappa shape index (κ2) is 8.06. The zero-order valence-corrected chi connectivity index (χ0v) is 10.9. The molecule has 0 aromatic heterocycles. The third-order valence-corrected chi connectivity index (χ3v) is 4.18. The Morgan fingerprint density at radius 2 is 1.93 bits per heavy atom. The quantitative estimate of drug-likeness (QED) is 0.370. The van der Waals surface area contributed by atoms with Crippen LogP contribution in [0, 0.1) is 0 Å². The SMILES string of the molecule is CCCCCC(CCl)Sc1ccccc1. The lowest BCUT2D eigenvalue weighted by Crippen LogP contribution is -2.04. The molecule has 1 aromatic carbocycles. The third kappa shape index (κ3) is 5.48. The number of alkyl halides is 1. The van der Waals surface area contributed by atoms with Crippen LogP contribution in [0.5, 0.6) is 0 Å². The molecule has 0 saturated carbocycles. The Morgan fingerprint density at radius 1 is 1.20 bits per heavy atom.